The molecule has 0 aliphatic heterocycles. The van der Waals surface area contributed by atoms with Crippen molar-refractivity contribution >= 4 is 17.6 Å². The highest BCUT2D eigenvalue weighted by Gasteiger charge is 2.53. The zero-order valence-corrected chi connectivity index (χ0v) is 12.6. The number of hydrogen-bond donors (Lipinski definition) is 0. The van der Waals surface area contributed by atoms with Crippen LogP contribution in [-0.4, -0.2) is 16.2 Å². The molecule has 1 heterocycles. The molecule has 0 amide bonds. The Labute approximate surface area is 127 Å². The fourth-order valence-electron chi connectivity index (χ4n) is 2.30. The first kappa shape index (κ1) is 14.1. The first-order valence-corrected chi connectivity index (χ1v) is 7.16. The van der Waals surface area contributed by atoms with Crippen LogP contribution in [0, 0.1) is 6.92 Å². The highest BCUT2D eigenvalue weighted by Crippen LogP contribution is 2.50. The summed E-state index contributed by atoms with van der Waals surface area (Å²) in [5, 5.41) is 8.26. The van der Waals surface area contributed by atoms with E-state index in [1.54, 1.807) is 26.0 Å². The summed E-state index contributed by atoms with van der Waals surface area (Å²) in [6.07, 6.45) is 1.01. The van der Waals surface area contributed by atoms with Crippen LogP contribution in [-0.2, 0) is 14.9 Å². The van der Waals surface area contributed by atoms with Crippen molar-refractivity contribution in [3.63, 3.8) is 0 Å². The normalized spacial score (nSPS) is 17.3. The number of hydrogen-bond acceptors (Lipinski definition) is 5. The molecule has 0 N–H and O–H groups in total. The summed E-state index contributed by atoms with van der Waals surface area (Å²) in [4.78, 5) is 12.5. The van der Waals surface area contributed by atoms with Crippen LogP contribution in [0.2, 0.25) is 5.02 Å². The summed E-state index contributed by atoms with van der Waals surface area (Å²) in [5.41, 5.74) is 0.388. The van der Waals surface area contributed by atoms with E-state index in [0.29, 0.717) is 16.8 Å². The Kier molecular flexibility index (Phi) is 3.45. The molecule has 1 aliphatic rings. The van der Waals surface area contributed by atoms with E-state index < -0.39 is 11.5 Å². The molecule has 0 radical (unpaired) electrons. The van der Waals surface area contributed by atoms with Crippen molar-refractivity contribution in [2.75, 3.05) is 0 Å². The van der Waals surface area contributed by atoms with E-state index in [2.05, 4.69) is 10.2 Å². The molecule has 5 nitrogen and oxygen atoms in total. The fraction of sp³-hybridized carbons (Fsp3) is 0.400. The first-order valence-electron chi connectivity index (χ1n) is 6.78. The van der Waals surface area contributed by atoms with Crippen LogP contribution in [0.25, 0.3) is 0 Å². The van der Waals surface area contributed by atoms with Gasteiger partial charge in [0.25, 0.3) is 5.89 Å². The molecule has 2 aromatic rings. The average molecular weight is 307 g/mol. The van der Waals surface area contributed by atoms with Gasteiger partial charge >= 0.3 is 5.97 Å². The van der Waals surface area contributed by atoms with Crippen LogP contribution in [0.15, 0.2) is 28.7 Å². The van der Waals surface area contributed by atoms with Crippen molar-refractivity contribution in [2.45, 2.75) is 38.2 Å². The number of nitrogens with zero attached hydrogens (tertiary/aromatic N) is 2. The summed E-state index contributed by atoms with van der Waals surface area (Å²) in [7, 11) is 0. The zero-order valence-electron chi connectivity index (χ0n) is 11.8. The van der Waals surface area contributed by atoms with Crippen molar-refractivity contribution in [2.24, 2.45) is 0 Å². The summed E-state index contributed by atoms with van der Waals surface area (Å²) < 4.78 is 10.8. The maximum atomic E-state index is 12.5. The number of carbonyl (C=O) groups excluding carboxylic acids is 1. The molecule has 3 rings (SSSR count). The largest absolute Gasteiger partial charge is 0.452 e. The minimum Gasteiger partial charge on any atom is -0.452 e. The Balaban J connectivity index is 1.74. The number of benzene rings is 1. The Bertz CT molecular complexity index is 662. The number of halogens is 1. The second kappa shape index (κ2) is 5.15. The second-order valence-electron chi connectivity index (χ2n) is 5.30. The third kappa shape index (κ3) is 2.65. The maximum Gasteiger partial charge on any atom is 0.317 e. The quantitative estimate of drug-likeness (QED) is 0.810. The van der Waals surface area contributed by atoms with Crippen molar-refractivity contribution < 1.29 is 13.9 Å². The summed E-state index contributed by atoms with van der Waals surface area (Å²) in [5.74, 6) is 0.507. The van der Waals surface area contributed by atoms with E-state index in [1.165, 1.54) is 0 Å². The molecule has 1 fully saturated rings. The monoisotopic (exact) mass is 306 g/mol. The smallest absolute Gasteiger partial charge is 0.317 e. The molecule has 110 valence electrons. The van der Waals surface area contributed by atoms with Crippen molar-refractivity contribution in [1.29, 1.82) is 0 Å². The molecule has 21 heavy (non-hydrogen) atoms. The number of esters is 1. The third-order valence-electron chi connectivity index (χ3n) is 3.71. The van der Waals surface area contributed by atoms with Gasteiger partial charge < -0.3 is 9.15 Å². The van der Waals surface area contributed by atoms with Crippen molar-refractivity contribution in [3.05, 3.63) is 46.6 Å². The van der Waals surface area contributed by atoms with Gasteiger partial charge in [-0.15, -0.1) is 10.2 Å². The van der Waals surface area contributed by atoms with Gasteiger partial charge in [0.2, 0.25) is 5.89 Å². The van der Waals surface area contributed by atoms with E-state index in [9.17, 15) is 4.79 Å². The Morgan fingerprint density at radius 3 is 2.52 bits per heavy atom. The van der Waals surface area contributed by atoms with Gasteiger partial charge in [0.1, 0.15) is 0 Å². The average Bonchev–Trinajstić information content (AvgIpc) is 3.16. The molecule has 0 bridgehead atoms. The van der Waals surface area contributed by atoms with Gasteiger partial charge in [-0.05, 0) is 37.5 Å². The Hall–Kier alpha value is -1.88. The summed E-state index contributed by atoms with van der Waals surface area (Å²) in [6, 6.07) is 7.32. The van der Waals surface area contributed by atoms with Crippen molar-refractivity contribution in [1.82, 2.24) is 10.2 Å². The highest BCUT2D eigenvalue weighted by molar-refractivity contribution is 6.30. The molecule has 1 saturated carbocycles. The Morgan fingerprint density at radius 2 is 2.00 bits per heavy atom. The lowest BCUT2D eigenvalue weighted by Gasteiger charge is -2.17. The lowest BCUT2D eigenvalue weighted by Crippen LogP contribution is -2.24. The van der Waals surface area contributed by atoms with Gasteiger partial charge in [-0.1, -0.05) is 23.7 Å². The lowest BCUT2D eigenvalue weighted by molar-refractivity contribution is -0.152. The fourth-order valence-corrected chi connectivity index (χ4v) is 2.43. The molecule has 1 atom stereocenters. The Morgan fingerprint density at radius 1 is 1.33 bits per heavy atom. The van der Waals surface area contributed by atoms with Crippen LogP contribution in [0.4, 0.5) is 0 Å². The van der Waals surface area contributed by atoms with E-state index in [0.717, 1.165) is 18.4 Å². The molecule has 6 heteroatoms. The molecule has 1 aliphatic carbocycles. The predicted octanol–water partition coefficient (Wildman–Crippen LogP) is 3.37. The molecule has 0 saturated heterocycles. The molecule has 1 aromatic heterocycles. The highest BCUT2D eigenvalue weighted by atomic mass is 35.5. The standard InChI is InChI=1S/C15H15ClN2O3/c1-9(13-18-17-10(2)21-13)20-14(19)15(7-8-15)11-3-5-12(16)6-4-11/h3-6,9H,7-8H2,1-2H3/t9-/m1/s1. The van der Waals surface area contributed by atoms with Gasteiger partial charge in [0, 0.05) is 11.9 Å². The van der Waals surface area contributed by atoms with E-state index >= 15 is 0 Å². The van der Waals surface area contributed by atoms with Gasteiger partial charge in [0.15, 0.2) is 6.10 Å². The number of ether oxygens (including phenoxy) is 1. The van der Waals surface area contributed by atoms with Crippen LogP contribution in [0.1, 0.15) is 43.2 Å². The van der Waals surface area contributed by atoms with E-state index in [-0.39, 0.29) is 5.97 Å². The van der Waals surface area contributed by atoms with E-state index in [4.69, 9.17) is 20.8 Å². The van der Waals surface area contributed by atoms with Crippen LogP contribution in [0.3, 0.4) is 0 Å². The predicted molar refractivity (Wildman–Crippen MR) is 75.9 cm³/mol. The van der Waals surface area contributed by atoms with Crippen molar-refractivity contribution in [3.8, 4) is 0 Å². The number of rotatable bonds is 4. The minimum absolute atomic E-state index is 0.256. The van der Waals surface area contributed by atoms with Crippen LogP contribution < -0.4 is 0 Å². The lowest BCUT2D eigenvalue weighted by atomic mass is 9.96. The SMILES string of the molecule is Cc1nnc([C@@H](C)OC(=O)C2(c3ccc(Cl)cc3)CC2)o1. The van der Waals surface area contributed by atoms with Gasteiger partial charge in [0.05, 0.1) is 5.41 Å². The number of aromatic nitrogens is 2. The molecular weight excluding hydrogens is 292 g/mol. The molecule has 1 aromatic carbocycles. The summed E-state index contributed by atoms with van der Waals surface area (Å²) in [6.45, 7) is 3.42. The van der Waals surface area contributed by atoms with Gasteiger partial charge in [-0.2, -0.15) is 0 Å². The van der Waals surface area contributed by atoms with Crippen LogP contribution >= 0.6 is 11.6 Å². The maximum absolute atomic E-state index is 12.5. The third-order valence-corrected chi connectivity index (χ3v) is 3.96. The zero-order chi connectivity index (χ0) is 15.0. The first-order chi connectivity index (χ1) is 10.0. The van der Waals surface area contributed by atoms with Gasteiger partial charge in [-0.25, -0.2) is 0 Å². The second-order valence-corrected chi connectivity index (χ2v) is 5.73. The minimum atomic E-state index is -0.552. The van der Waals surface area contributed by atoms with E-state index in [1.807, 2.05) is 12.1 Å². The molecular formula is C15H15ClN2O3. The topological polar surface area (TPSA) is 65.2 Å². The molecule has 0 unspecified atom stereocenters. The molecule has 0 spiro atoms. The van der Waals surface area contributed by atoms with Crippen LogP contribution in [0.5, 0.6) is 0 Å². The number of aryl methyl sites for hydroxylation is 1. The van der Waals surface area contributed by atoms with Gasteiger partial charge in [-0.3, -0.25) is 4.79 Å². The summed E-state index contributed by atoms with van der Waals surface area (Å²) >= 11 is 5.88. The number of carbonyl (C=O) groups is 1.